The lowest BCUT2D eigenvalue weighted by atomic mass is 10.1. The average Bonchev–Trinajstić information content (AvgIpc) is 2.51. The van der Waals surface area contributed by atoms with Crippen molar-refractivity contribution in [1.82, 2.24) is 0 Å². The Morgan fingerprint density at radius 3 is 2.00 bits per heavy atom. The Balaban J connectivity index is 2.16. The predicted molar refractivity (Wildman–Crippen MR) is 89.0 cm³/mol. The fourth-order valence-corrected chi connectivity index (χ4v) is 2.51. The van der Waals surface area contributed by atoms with Gasteiger partial charge in [-0.1, -0.05) is 43.9 Å². The number of carbonyl (C=O) groups is 2. The molecule has 0 aliphatic carbocycles. The second-order valence-corrected chi connectivity index (χ2v) is 5.49. The molecule has 0 aliphatic heterocycles. The lowest BCUT2D eigenvalue weighted by Gasteiger charge is -2.21. The highest BCUT2D eigenvalue weighted by Gasteiger charge is 2.12. The summed E-state index contributed by atoms with van der Waals surface area (Å²) in [7, 11) is 0. The van der Waals surface area contributed by atoms with E-state index in [0.717, 1.165) is 44.2 Å². The van der Waals surface area contributed by atoms with E-state index in [9.17, 15) is 9.59 Å². The first-order valence-corrected chi connectivity index (χ1v) is 8.22. The van der Waals surface area contributed by atoms with Crippen LogP contribution in [0.5, 0.6) is 0 Å². The van der Waals surface area contributed by atoms with Crippen LogP contribution in [0.1, 0.15) is 58.3 Å². The van der Waals surface area contributed by atoms with E-state index in [0.29, 0.717) is 13.0 Å². The van der Waals surface area contributed by atoms with Crippen LogP contribution >= 0.6 is 0 Å². The minimum atomic E-state index is -0.717. The maximum absolute atomic E-state index is 12.2. The number of benzene rings is 1. The van der Waals surface area contributed by atoms with Crippen molar-refractivity contribution < 1.29 is 14.7 Å². The SMILES string of the molecule is CCN(C(=O)CCCCCCCCC(=O)O)c1ccccc1. The Bertz CT molecular complexity index is 445. The molecule has 0 aromatic heterocycles. The minimum Gasteiger partial charge on any atom is -0.481 e. The molecule has 0 bridgehead atoms. The first-order valence-electron chi connectivity index (χ1n) is 8.22. The predicted octanol–water partition coefficient (Wildman–Crippen LogP) is 4.24. The summed E-state index contributed by atoms with van der Waals surface area (Å²) in [5.41, 5.74) is 0.962. The van der Waals surface area contributed by atoms with Crippen LogP contribution in [0, 0.1) is 0 Å². The van der Waals surface area contributed by atoms with Crippen molar-refractivity contribution in [2.45, 2.75) is 58.3 Å². The molecule has 1 aromatic carbocycles. The van der Waals surface area contributed by atoms with Crippen molar-refractivity contribution in [2.75, 3.05) is 11.4 Å². The summed E-state index contributed by atoms with van der Waals surface area (Å²) in [6.45, 7) is 2.69. The fourth-order valence-electron chi connectivity index (χ4n) is 2.51. The van der Waals surface area contributed by atoms with Gasteiger partial charge < -0.3 is 10.0 Å². The van der Waals surface area contributed by atoms with Crippen LogP contribution in [0.4, 0.5) is 5.69 Å². The Hall–Kier alpha value is -1.84. The van der Waals surface area contributed by atoms with Crippen LogP contribution in [0.25, 0.3) is 0 Å². The number of aliphatic carboxylic acids is 1. The number of hydrogen-bond donors (Lipinski definition) is 1. The van der Waals surface area contributed by atoms with Gasteiger partial charge in [0.2, 0.25) is 5.91 Å². The van der Waals surface area contributed by atoms with E-state index in [1.165, 1.54) is 0 Å². The van der Waals surface area contributed by atoms with Gasteiger partial charge in [-0.05, 0) is 31.9 Å². The molecular weight excluding hydrogens is 278 g/mol. The monoisotopic (exact) mass is 305 g/mol. The molecule has 0 unspecified atom stereocenters. The topological polar surface area (TPSA) is 57.6 Å². The average molecular weight is 305 g/mol. The molecular formula is C18H27NO3. The third-order valence-corrected chi connectivity index (χ3v) is 3.72. The molecule has 122 valence electrons. The molecule has 1 aromatic rings. The largest absolute Gasteiger partial charge is 0.481 e. The number of unbranched alkanes of at least 4 members (excludes halogenated alkanes) is 5. The molecule has 22 heavy (non-hydrogen) atoms. The summed E-state index contributed by atoms with van der Waals surface area (Å²) < 4.78 is 0. The highest BCUT2D eigenvalue weighted by Crippen LogP contribution is 2.16. The number of rotatable bonds is 11. The van der Waals surface area contributed by atoms with Gasteiger partial charge in [0.05, 0.1) is 0 Å². The molecule has 0 saturated carbocycles. The Kier molecular flexibility index (Phi) is 8.96. The second kappa shape index (κ2) is 10.8. The lowest BCUT2D eigenvalue weighted by molar-refractivity contribution is -0.137. The van der Waals surface area contributed by atoms with Gasteiger partial charge in [-0.3, -0.25) is 9.59 Å². The Labute approximate surface area is 133 Å². The van der Waals surface area contributed by atoms with Crippen LogP contribution in [-0.2, 0) is 9.59 Å². The van der Waals surface area contributed by atoms with E-state index in [4.69, 9.17) is 5.11 Å². The Morgan fingerprint density at radius 2 is 1.45 bits per heavy atom. The summed E-state index contributed by atoms with van der Waals surface area (Å²) in [5, 5.41) is 8.54. The normalized spacial score (nSPS) is 10.4. The molecule has 0 saturated heterocycles. The van der Waals surface area contributed by atoms with Crippen molar-refractivity contribution in [2.24, 2.45) is 0 Å². The number of hydrogen-bond acceptors (Lipinski definition) is 2. The summed E-state index contributed by atoms with van der Waals surface area (Å²) in [6.07, 6.45) is 6.63. The maximum Gasteiger partial charge on any atom is 0.303 e. The van der Waals surface area contributed by atoms with Crippen LogP contribution in [0.2, 0.25) is 0 Å². The molecule has 4 nitrogen and oxygen atoms in total. The third-order valence-electron chi connectivity index (χ3n) is 3.72. The Morgan fingerprint density at radius 1 is 0.909 bits per heavy atom. The van der Waals surface area contributed by atoms with Crippen molar-refractivity contribution >= 4 is 17.6 Å². The van der Waals surface area contributed by atoms with Gasteiger partial charge in [0.15, 0.2) is 0 Å². The first-order chi connectivity index (χ1) is 10.6. The first kappa shape index (κ1) is 18.2. The molecule has 1 amide bonds. The van der Waals surface area contributed by atoms with Crippen LogP contribution in [0.3, 0.4) is 0 Å². The van der Waals surface area contributed by atoms with Crippen molar-refractivity contribution in [3.05, 3.63) is 30.3 Å². The van der Waals surface area contributed by atoms with E-state index in [1.807, 2.05) is 42.2 Å². The third kappa shape index (κ3) is 7.25. The lowest BCUT2D eigenvalue weighted by Crippen LogP contribution is -2.30. The van der Waals surface area contributed by atoms with E-state index in [-0.39, 0.29) is 12.3 Å². The number of amides is 1. The van der Waals surface area contributed by atoms with Gasteiger partial charge in [0, 0.05) is 25.1 Å². The van der Waals surface area contributed by atoms with E-state index >= 15 is 0 Å². The van der Waals surface area contributed by atoms with Gasteiger partial charge in [-0.2, -0.15) is 0 Å². The zero-order chi connectivity index (χ0) is 16.2. The quantitative estimate of drug-likeness (QED) is 0.622. The molecule has 4 heteroatoms. The molecule has 1 rings (SSSR count). The number of carboxylic acids is 1. The van der Waals surface area contributed by atoms with Crippen molar-refractivity contribution in [3.63, 3.8) is 0 Å². The molecule has 0 fully saturated rings. The number of carbonyl (C=O) groups excluding carboxylic acids is 1. The highest BCUT2D eigenvalue weighted by atomic mass is 16.4. The smallest absolute Gasteiger partial charge is 0.303 e. The zero-order valence-corrected chi connectivity index (χ0v) is 13.5. The minimum absolute atomic E-state index is 0.180. The molecule has 0 heterocycles. The van der Waals surface area contributed by atoms with Gasteiger partial charge in [-0.15, -0.1) is 0 Å². The van der Waals surface area contributed by atoms with E-state index in [1.54, 1.807) is 0 Å². The number of anilines is 1. The molecule has 0 atom stereocenters. The van der Waals surface area contributed by atoms with Gasteiger partial charge in [0.25, 0.3) is 0 Å². The van der Waals surface area contributed by atoms with Crippen molar-refractivity contribution in [3.8, 4) is 0 Å². The number of carboxylic acid groups (broad SMARTS) is 1. The summed E-state index contributed by atoms with van der Waals surface area (Å²) in [6, 6.07) is 9.77. The number of para-hydroxylation sites is 1. The van der Waals surface area contributed by atoms with Gasteiger partial charge in [0.1, 0.15) is 0 Å². The van der Waals surface area contributed by atoms with Gasteiger partial charge in [-0.25, -0.2) is 0 Å². The van der Waals surface area contributed by atoms with E-state index < -0.39 is 5.97 Å². The fraction of sp³-hybridized carbons (Fsp3) is 0.556. The molecule has 0 aliphatic rings. The van der Waals surface area contributed by atoms with Crippen LogP contribution in [-0.4, -0.2) is 23.5 Å². The second-order valence-electron chi connectivity index (χ2n) is 5.49. The van der Waals surface area contributed by atoms with Crippen LogP contribution < -0.4 is 4.90 Å². The molecule has 0 spiro atoms. The van der Waals surface area contributed by atoms with Crippen molar-refractivity contribution in [1.29, 1.82) is 0 Å². The van der Waals surface area contributed by atoms with Gasteiger partial charge >= 0.3 is 5.97 Å². The van der Waals surface area contributed by atoms with E-state index in [2.05, 4.69) is 0 Å². The standard InChI is InChI=1S/C18H27NO3/c1-2-19(16-12-8-7-9-13-16)17(20)14-10-5-3-4-6-11-15-18(21)22/h7-9,12-13H,2-6,10-11,14-15H2,1H3,(H,21,22). The summed E-state index contributed by atoms with van der Waals surface area (Å²) >= 11 is 0. The maximum atomic E-state index is 12.2. The number of nitrogens with zero attached hydrogens (tertiary/aromatic N) is 1. The summed E-state index contributed by atoms with van der Waals surface area (Å²) in [4.78, 5) is 24.4. The summed E-state index contributed by atoms with van der Waals surface area (Å²) in [5.74, 6) is -0.536. The molecule has 0 radical (unpaired) electrons. The molecule has 1 N–H and O–H groups in total. The highest BCUT2D eigenvalue weighted by molar-refractivity contribution is 5.93. The zero-order valence-electron chi connectivity index (χ0n) is 13.5. The van der Waals surface area contributed by atoms with Crippen LogP contribution in [0.15, 0.2) is 30.3 Å².